The van der Waals surface area contributed by atoms with Crippen molar-refractivity contribution < 1.29 is 5.11 Å². The fraction of sp³-hybridized carbons (Fsp3) is 0.464. The molecule has 0 aromatic heterocycles. The van der Waals surface area contributed by atoms with Gasteiger partial charge in [0.1, 0.15) is 5.84 Å². The van der Waals surface area contributed by atoms with Crippen molar-refractivity contribution in [3.63, 3.8) is 0 Å². The summed E-state index contributed by atoms with van der Waals surface area (Å²) in [6.45, 7) is 4.62. The number of β-amino-alcohol motifs (C(OH)–C–C–N with tert-alkyl or cyclic N) is 1. The summed E-state index contributed by atoms with van der Waals surface area (Å²) in [4.78, 5) is 6.67. The normalized spacial score (nSPS) is 20.1. The van der Waals surface area contributed by atoms with Crippen molar-refractivity contribution >= 4 is 17.1 Å². The molecule has 0 fully saturated rings. The molecule has 5 heteroatoms. The lowest BCUT2D eigenvalue weighted by Crippen LogP contribution is -2.44. The highest BCUT2D eigenvalue weighted by Gasteiger charge is 2.26. The highest BCUT2D eigenvalue weighted by atomic mass is 16.3. The Morgan fingerprint density at radius 2 is 1.82 bits per heavy atom. The standard InChI is InChI=1S/C28H36N4O/c1-30-15-16-32(20-25(33)19-31-14-13-22-9-5-6-10-24(22)18-31)28(29)26-12-11-23(17-27(26)30)21-7-3-2-4-8-21/h5-7,9-12,17,25,29,33H,2-4,8,13-16,18-20H2,1H3/t25-/m1/s1. The molecule has 0 spiro atoms. The number of anilines is 1. The number of nitrogens with one attached hydrogen (secondary N) is 1. The molecule has 0 unspecified atom stereocenters. The van der Waals surface area contributed by atoms with Crippen LogP contribution in [0.5, 0.6) is 0 Å². The summed E-state index contributed by atoms with van der Waals surface area (Å²) in [5.74, 6) is 0.529. The van der Waals surface area contributed by atoms with E-state index in [0.29, 0.717) is 18.9 Å². The molecule has 2 N–H and O–H groups in total. The third-order valence-corrected chi connectivity index (χ3v) is 7.46. The number of hydrogen-bond donors (Lipinski definition) is 2. The summed E-state index contributed by atoms with van der Waals surface area (Å²) in [6.07, 6.45) is 7.83. The van der Waals surface area contributed by atoms with Crippen LogP contribution in [0.2, 0.25) is 0 Å². The maximum Gasteiger partial charge on any atom is 0.130 e. The van der Waals surface area contributed by atoms with Crippen LogP contribution in [0.15, 0.2) is 48.5 Å². The smallest absolute Gasteiger partial charge is 0.130 e. The average molecular weight is 445 g/mol. The SMILES string of the molecule is CN1CCN(C[C@H](O)CN2CCc3ccccc3C2)C(=N)c2ccc(C3=CCCCC3)cc21. The molecular weight excluding hydrogens is 408 g/mol. The van der Waals surface area contributed by atoms with Gasteiger partial charge >= 0.3 is 0 Å². The van der Waals surface area contributed by atoms with Crippen LogP contribution < -0.4 is 4.90 Å². The van der Waals surface area contributed by atoms with Gasteiger partial charge in [0.05, 0.1) is 6.10 Å². The second-order valence-electron chi connectivity index (χ2n) is 9.83. The van der Waals surface area contributed by atoms with Gasteiger partial charge in [0.15, 0.2) is 0 Å². The lowest BCUT2D eigenvalue weighted by atomic mass is 9.92. The van der Waals surface area contributed by atoms with Gasteiger partial charge in [-0.25, -0.2) is 0 Å². The van der Waals surface area contributed by atoms with Crippen molar-refractivity contribution in [3.05, 3.63) is 70.8 Å². The molecule has 1 atom stereocenters. The van der Waals surface area contributed by atoms with E-state index in [1.807, 2.05) is 0 Å². The topological polar surface area (TPSA) is 53.8 Å². The first-order valence-corrected chi connectivity index (χ1v) is 12.4. The van der Waals surface area contributed by atoms with E-state index in [9.17, 15) is 5.11 Å². The molecule has 0 radical (unpaired) electrons. The third-order valence-electron chi connectivity index (χ3n) is 7.46. The van der Waals surface area contributed by atoms with E-state index in [1.54, 1.807) is 0 Å². The zero-order valence-electron chi connectivity index (χ0n) is 19.8. The van der Waals surface area contributed by atoms with Crippen LogP contribution in [0, 0.1) is 5.41 Å². The van der Waals surface area contributed by atoms with Crippen molar-refractivity contribution in [1.29, 1.82) is 5.41 Å². The van der Waals surface area contributed by atoms with E-state index >= 15 is 0 Å². The van der Waals surface area contributed by atoms with Crippen LogP contribution in [0.4, 0.5) is 5.69 Å². The summed E-state index contributed by atoms with van der Waals surface area (Å²) >= 11 is 0. The monoisotopic (exact) mass is 444 g/mol. The summed E-state index contributed by atoms with van der Waals surface area (Å²) in [6, 6.07) is 15.2. The molecule has 174 valence electrons. The third kappa shape index (κ3) is 4.85. The van der Waals surface area contributed by atoms with Crippen LogP contribution in [0.3, 0.4) is 0 Å². The number of allylic oxidation sites excluding steroid dienone is 2. The molecule has 2 aromatic rings. The summed E-state index contributed by atoms with van der Waals surface area (Å²) in [5, 5.41) is 19.9. The van der Waals surface area contributed by atoms with Gasteiger partial charge < -0.3 is 14.9 Å². The lowest BCUT2D eigenvalue weighted by Gasteiger charge is -2.32. The molecule has 2 aromatic carbocycles. The van der Waals surface area contributed by atoms with Gasteiger partial charge in [-0.1, -0.05) is 36.4 Å². The molecule has 0 bridgehead atoms. The van der Waals surface area contributed by atoms with E-state index in [-0.39, 0.29) is 0 Å². The average Bonchev–Trinajstić information content (AvgIpc) is 2.96. The van der Waals surface area contributed by atoms with Crippen LogP contribution in [-0.2, 0) is 13.0 Å². The van der Waals surface area contributed by atoms with Crippen molar-refractivity contribution in [2.24, 2.45) is 0 Å². The van der Waals surface area contributed by atoms with Crippen molar-refractivity contribution in [3.8, 4) is 0 Å². The van der Waals surface area contributed by atoms with Crippen molar-refractivity contribution in [2.75, 3.05) is 44.7 Å². The quantitative estimate of drug-likeness (QED) is 0.728. The van der Waals surface area contributed by atoms with Crippen LogP contribution in [0.1, 0.15) is 47.9 Å². The summed E-state index contributed by atoms with van der Waals surface area (Å²) < 4.78 is 0. The first-order chi connectivity index (χ1) is 16.1. The van der Waals surface area contributed by atoms with Crippen LogP contribution in [-0.4, -0.2) is 66.6 Å². The van der Waals surface area contributed by atoms with E-state index in [2.05, 4.69) is 70.3 Å². The van der Waals surface area contributed by atoms with Gasteiger partial charge in [-0.05, 0) is 66.5 Å². The Balaban J connectivity index is 1.26. The number of nitrogens with zero attached hydrogens (tertiary/aromatic N) is 3. The number of hydrogen-bond acceptors (Lipinski definition) is 4. The Morgan fingerprint density at radius 1 is 0.970 bits per heavy atom. The van der Waals surface area contributed by atoms with Gasteiger partial charge in [-0.15, -0.1) is 0 Å². The van der Waals surface area contributed by atoms with Gasteiger partial charge in [-0.2, -0.15) is 0 Å². The molecule has 5 rings (SSSR count). The number of fused-ring (bicyclic) bond motifs is 2. The number of amidine groups is 1. The van der Waals surface area contributed by atoms with Crippen molar-refractivity contribution in [2.45, 2.75) is 44.8 Å². The van der Waals surface area contributed by atoms with Crippen LogP contribution in [0.25, 0.3) is 5.57 Å². The zero-order chi connectivity index (χ0) is 22.8. The largest absolute Gasteiger partial charge is 0.390 e. The van der Waals surface area contributed by atoms with Crippen LogP contribution >= 0.6 is 0 Å². The fourth-order valence-corrected chi connectivity index (χ4v) is 5.52. The van der Waals surface area contributed by atoms with Gasteiger partial charge in [0.2, 0.25) is 0 Å². The van der Waals surface area contributed by atoms with Gasteiger partial charge in [-0.3, -0.25) is 10.3 Å². The molecule has 3 aliphatic rings. The molecule has 5 nitrogen and oxygen atoms in total. The zero-order valence-corrected chi connectivity index (χ0v) is 19.8. The first-order valence-electron chi connectivity index (χ1n) is 12.4. The maximum atomic E-state index is 10.9. The van der Waals surface area contributed by atoms with Gasteiger partial charge in [0, 0.05) is 57.6 Å². The Hall–Kier alpha value is -2.63. The predicted molar refractivity (Wildman–Crippen MR) is 136 cm³/mol. The molecule has 2 heterocycles. The molecule has 1 aliphatic carbocycles. The summed E-state index contributed by atoms with van der Waals surface area (Å²) in [7, 11) is 2.12. The number of aliphatic hydroxyl groups excluding tert-OH is 1. The molecule has 2 aliphatic heterocycles. The summed E-state index contributed by atoms with van der Waals surface area (Å²) in [5.41, 5.74) is 7.65. The second-order valence-corrected chi connectivity index (χ2v) is 9.83. The molecular formula is C28H36N4O. The lowest BCUT2D eigenvalue weighted by molar-refractivity contribution is 0.0871. The minimum atomic E-state index is -0.478. The highest BCUT2D eigenvalue weighted by molar-refractivity contribution is 6.02. The Morgan fingerprint density at radius 3 is 2.64 bits per heavy atom. The van der Waals surface area contributed by atoms with E-state index < -0.39 is 6.10 Å². The van der Waals surface area contributed by atoms with E-state index in [4.69, 9.17) is 5.41 Å². The number of benzene rings is 2. The number of likely N-dealkylation sites (N-methyl/N-ethyl adjacent to an activating group) is 1. The van der Waals surface area contributed by atoms with Gasteiger partial charge in [0.25, 0.3) is 0 Å². The predicted octanol–water partition coefficient (Wildman–Crippen LogP) is 4.14. The number of aliphatic hydroxyl groups is 1. The molecule has 0 amide bonds. The number of rotatable bonds is 5. The fourth-order valence-electron chi connectivity index (χ4n) is 5.52. The Bertz CT molecular complexity index is 1050. The minimum Gasteiger partial charge on any atom is -0.390 e. The minimum absolute atomic E-state index is 0.478. The maximum absolute atomic E-state index is 10.9. The molecule has 0 saturated heterocycles. The second kappa shape index (κ2) is 9.70. The van der Waals surface area contributed by atoms with E-state index in [1.165, 1.54) is 41.5 Å². The molecule has 0 saturated carbocycles. The van der Waals surface area contributed by atoms with Crippen molar-refractivity contribution in [1.82, 2.24) is 9.80 Å². The Labute approximate surface area is 197 Å². The Kier molecular flexibility index (Phi) is 6.52. The molecule has 33 heavy (non-hydrogen) atoms. The van der Waals surface area contributed by atoms with E-state index in [0.717, 1.165) is 50.3 Å². The first kappa shape index (κ1) is 22.2. The highest BCUT2D eigenvalue weighted by Crippen LogP contribution is 2.32.